The average Bonchev–Trinajstić information content (AvgIpc) is 3.47. The molecule has 0 unspecified atom stereocenters. The number of benzene rings is 3. The number of halogens is 3. The highest BCUT2D eigenvalue weighted by Crippen LogP contribution is 2.28. The van der Waals surface area contributed by atoms with Gasteiger partial charge in [0.15, 0.2) is 17.7 Å². The molecular formula is C31H28F3N5O4. The van der Waals surface area contributed by atoms with Crippen molar-refractivity contribution in [2.75, 3.05) is 26.4 Å². The van der Waals surface area contributed by atoms with Crippen molar-refractivity contribution < 1.29 is 22.7 Å². The number of carbonyl (C=O) groups is 1. The van der Waals surface area contributed by atoms with Gasteiger partial charge in [0.05, 0.1) is 28.5 Å². The number of rotatable bonds is 9. The van der Waals surface area contributed by atoms with Crippen LogP contribution in [0, 0.1) is 5.82 Å². The molecule has 43 heavy (non-hydrogen) atoms. The first-order valence-corrected chi connectivity index (χ1v) is 13.9. The number of alkyl halides is 2. The Morgan fingerprint density at radius 3 is 2.40 bits per heavy atom. The average molecular weight is 592 g/mol. The maximum Gasteiger partial charge on any atom is 0.332 e. The van der Waals surface area contributed by atoms with Crippen molar-refractivity contribution >= 4 is 28.3 Å². The van der Waals surface area contributed by atoms with Crippen LogP contribution in [0.3, 0.4) is 0 Å². The Labute approximate surface area is 243 Å². The molecule has 0 radical (unpaired) electrons. The van der Waals surface area contributed by atoms with Gasteiger partial charge in [-0.1, -0.05) is 24.3 Å². The Morgan fingerprint density at radius 1 is 0.977 bits per heavy atom. The SMILES string of the molecule is O=CN1CCC(n2c(=O)n(Cc3ccc(-n4cnc5ccccc54)cc3)c(=O)c3cc(OC(CF)CF)c(F)cc32)CC1. The minimum Gasteiger partial charge on any atom is -0.482 e. The highest BCUT2D eigenvalue weighted by atomic mass is 19.1. The molecule has 1 amide bonds. The maximum absolute atomic E-state index is 15.1. The third-order valence-electron chi connectivity index (χ3n) is 7.88. The lowest BCUT2D eigenvalue weighted by Gasteiger charge is -2.31. The molecule has 12 heteroatoms. The molecule has 5 aromatic rings. The number of carbonyl (C=O) groups excluding carboxylic acids is 1. The van der Waals surface area contributed by atoms with Gasteiger partial charge in [-0.05, 0) is 48.7 Å². The van der Waals surface area contributed by atoms with E-state index in [1.54, 1.807) is 23.4 Å². The molecule has 0 aliphatic carbocycles. The number of piperidine rings is 1. The van der Waals surface area contributed by atoms with Gasteiger partial charge in [-0.25, -0.2) is 22.9 Å². The van der Waals surface area contributed by atoms with Crippen LogP contribution in [-0.4, -0.2) is 62.5 Å². The van der Waals surface area contributed by atoms with E-state index in [1.165, 1.54) is 4.57 Å². The zero-order valence-electron chi connectivity index (χ0n) is 23.0. The summed E-state index contributed by atoms with van der Waals surface area (Å²) in [5.74, 6) is -1.42. The minimum atomic E-state index is -1.53. The number of imidazole rings is 1. The van der Waals surface area contributed by atoms with Crippen LogP contribution in [0.4, 0.5) is 13.2 Å². The second kappa shape index (κ2) is 11.8. The zero-order valence-corrected chi connectivity index (χ0v) is 23.0. The summed E-state index contributed by atoms with van der Waals surface area (Å²) in [6.07, 6.45) is 1.77. The first kappa shape index (κ1) is 28.3. The largest absolute Gasteiger partial charge is 0.482 e. The summed E-state index contributed by atoms with van der Waals surface area (Å²) < 4.78 is 51.0. The summed E-state index contributed by atoms with van der Waals surface area (Å²) in [5, 5.41) is -0.0215. The molecule has 9 nitrogen and oxygen atoms in total. The van der Waals surface area contributed by atoms with Crippen molar-refractivity contribution in [2.45, 2.75) is 31.5 Å². The van der Waals surface area contributed by atoms with Gasteiger partial charge < -0.3 is 9.64 Å². The van der Waals surface area contributed by atoms with E-state index < -0.39 is 48.3 Å². The molecule has 3 heterocycles. The fourth-order valence-corrected chi connectivity index (χ4v) is 5.60. The van der Waals surface area contributed by atoms with Crippen molar-refractivity contribution in [2.24, 2.45) is 0 Å². The molecule has 6 rings (SSSR count). The van der Waals surface area contributed by atoms with E-state index in [0.29, 0.717) is 31.5 Å². The molecule has 0 N–H and O–H groups in total. The molecule has 0 saturated carbocycles. The number of hydrogen-bond acceptors (Lipinski definition) is 5. The van der Waals surface area contributed by atoms with Gasteiger partial charge in [0.25, 0.3) is 5.56 Å². The maximum atomic E-state index is 15.1. The van der Waals surface area contributed by atoms with Crippen LogP contribution in [0.5, 0.6) is 5.75 Å². The van der Waals surface area contributed by atoms with Crippen LogP contribution >= 0.6 is 0 Å². The lowest BCUT2D eigenvalue weighted by molar-refractivity contribution is -0.119. The van der Waals surface area contributed by atoms with Gasteiger partial charge >= 0.3 is 5.69 Å². The lowest BCUT2D eigenvalue weighted by atomic mass is 10.0. The van der Waals surface area contributed by atoms with Crippen LogP contribution in [-0.2, 0) is 11.3 Å². The molecule has 0 spiro atoms. The monoisotopic (exact) mass is 591 g/mol. The first-order chi connectivity index (χ1) is 20.9. The van der Waals surface area contributed by atoms with E-state index in [2.05, 4.69) is 4.98 Å². The highest BCUT2D eigenvalue weighted by molar-refractivity contribution is 5.80. The molecule has 0 atom stereocenters. The standard InChI is InChI=1S/C31H28F3N5O4/c32-15-23(16-33)43-29-13-24-28(14-25(29)34)39(22-9-11-36(19-40)12-10-22)31(42)37(30(24)41)17-20-5-7-21(8-6-20)38-18-35-26-3-1-2-4-27(26)38/h1-8,13-14,18-19,22-23H,9-12,15-17H2. The molecule has 1 fully saturated rings. The topological polar surface area (TPSA) is 91.4 Å². The van der Waals surface area contributed by atoms with Crippen LogP contribution in [0.2, 0.25) is 0 Å². The Balaban J connectivity index is 1.43. The fourth-order valence-electron chi connectivity index (χ4n) is 5.60. The normalized spacial score (nSPS) is 14.2. The van der Waals surface area contributed by atoms with Crippen LogP contribution in [0.15, 0.2) is 76.6 Å². The molecule has 3 aromatic carbocycles. The van der Waals surface area contributed by atoms with E-state index >= 15 is 4.39 Å². The molecular weight excluding hydrogens is 563 g/mol. The van der Waals surface area contributed by atoms with Crippen molar-refractivity contribution in [3.63, 3.8) is 0 Å². The van der Waals surface area contributed by atoms with Gasteiger partial charge in [-0.2, -0.15) is 0 Å². The predicted octanol–water partition coefficient (Wildman–Crippen LogP) is 4.17. The fraction of sp³-hybridized carbons (Fsp3) is 0.290. The summed E-state index contributed by atoms with van der Waals surface area (Å²) in [4.78, 5) is 44.9. The number of hydrogen-bond donors (Lipinski definition) is 0. The number of para-hydroxylation sites is 2. The number of aromatic nitrogens is 4. The van der Waals surface area contributed by atoms with Crippen molar-refractivity contribution in [3.8, 4) is 11.4 Å². The van der Waals surface area contributed by atoms with Gasteiger partial charge in [0.2, 0.25) is 6.41 Å². The lowest BCUT2D eigenvalue weighted by Crippen LogP contribution is -2.44. The van der Waals surface area contributed by atoms with Crippen molar-refractivity contribution in [3.05, 3.63) is 99.2 Å². The van der Waals surface area contributed by atoms with Crippen molar-refractivity contribution in [1.82, 2.24) is 23.6 Å². The number of ether oxygens (including phenoxy) is 1. The van der Waals surface area contributed by atoms with E-state index in [9.17, 15) is 23.2 Å². The molecule has 2 aromatic heterocycles. The Hall–Kier alpha value is -4.87. The summed E-state index contributed by atoms with van der Waals surface area (Å²) >= 11 is 0. The molecule has 0 bridgehead atoms. The number of amides is 1. The minimum absolute atomic E-state index is 0.0215. The Morgan fingerprint density at radius 2 is 1.70 bits per heavy atom. The first-order valence-electron chi connectivity index (χ1n) is 13.9. The summed E-state index contributed by atoms with van der Waals surface area (Å²) in [7, 11) is 0. The molecule has 1 saturated heterocycles. The van der Waals surface area contributed by atoms with Gasteiger partial charge in [0.1, 0.15) is 19.7 Å². The summed E-state index contributed by atoms with van der Waals surface area (Å²) in [5.41, 5.74) is 2.03. The number of likely N-dealkylation sites (tertiary alicyclic amines) is 1. The third-order valence-corrected chi connectivity index (χ3v) is 7.88. The van der Waals surface area contributed by atoms with E-state index in [-0.39, 0.29) is 17.4 Å². The Bertz CT molecular complexity index is 1910. The zero-order chi connectivity index (χ0) is 30.1. The second-order valence-electron chi connectivity index (χ2n) is 10.5. The van der Waals surface area contributed by atoms with Crippen LogP contribution < -0.4 is 16.0 Å². The van der Waals surface area contributed by atoms with Gasteiger partial charge in [0, 0.05) is 30.9 Å². The van der Waals surface area contributed by atoms with E-state index in [4.69, 9.17) is 4.74 Å². The van der Waals surface area contributed by atoms with Crippen molar-refractivity contribution in [1.29, 1.82) is 0 Å². The predicted molar refractivity (Wildman–Crippen MR) is 155 cm³/mol. The highest BCUT2D eigenvalue weighted by Gasteiger charge is 2.26. The molecule has 1 aliphatic heterocycles. The summed E-state index contributed by atoms with van der Waals surface area (Å²) in [6, 6.07) is 16.7. The van der Waals surface area contributed by atoms with Crippen LogP contribution in [0.25, 0.3) is 27.6 Å². The van der Waals surface area contributed by atoms with Gasteiger partial charge in [-0.3, -0.25) is 23.3 Å². The Kier molecular flexibility index (Phi) is 7.75. The summed E-state index contributed by atoms with van der Waals surface area (Å²) in [6.45, 7) is -1.65. The smallest absolute Gasteiger partial charge is 0.332 e. The van der Waals surface area contributed by atoms with E-state index in [0.717, 1.165) is 39.8 Å². The molecule has 1 aliphatic rings. The van der Waals surface area contributed by atoms with Gasteiger partial charge in [-0.15, -0.1) is 0 Å². The number of fused-ring (bicyclic) bond motifs is 2. The number of nitrogens with zero attached hydrogens (tertiary/aromatic N) is 5. The second-order valence-corrected chi connectivity index (χ2v) is 10.5. The molecule has 222 valence electrons. The van der Waals surface area contributed by atoms with E-state index in [1.807, 2.05) is 41.0 Å². The third kappa shape index (κ3) is 5.28. The quantitative estimate of drug-likeness (QED) is 0.240. The van der Waals surface area contributed by atoms with Crippen LogP contribution in [0.1, 0.15) is 24.4 Å².